The van der Waals surface area contributed by atoms with E-state index in [2.05, 4.69) is 207 Å². The first-order chi connectivity index (χ1) is 47.8. The number of halogens is 4. The molecule has 0 atom stereocenters. The summed E-state index contributed by atoms with van der Waals surface area (Å²) in [6, 6.07) is 49.8. The molecular formula is C74H80Br2Cl2N18O2. The maximum absolute atomic E-state index is 11.9. The van der Waals surface area contributed by atoms with Crippen molar-refractivity contribution in [1.82, 2.24) is 63.5 Å². The summed E-state index contributed by atoms with van der Waals surface area (Å²) in [5.74, 6) is 2.87. The van der Waals surface area contributed by atoms with Crippen molar-refractivity contribution >= 4 is 134 Å². The van der Waals surface area contributed by atoms with Crippen molar-refractivity contribution in [2.75, 3.05) is 86.1 Å². The lowest BCUT2D eigenvalue weighted by Gasteiger charge is -2.32. The van der Waals surface area contributed by atoms with Crippen LogP contribution < -0.4 is 30.7 Å². The Hall–Kier alpha value is -9.16. The van der Waals surface area contributed by atoms with Gasteiger partial charge in [0, 0.05) is 73.9 Å². The first kappa shape index (κ1) is 71.6. The van der Waals surface area contributed by atoms with Crippen LogP contribution in [-0.2, 0) is 42.2 Å². The Morgan fingerprint density at radius 1 is 0.500 bits per heavy atom. The number of aryl methyl sites for hydroxylation is 1. The highest BCUT2D eigenvalue weighted by molar-refractivity contribution is 9.10. The fraction of sp³-hybridized carbons (Fsp3) is 0.270. The number of likely N-dealkylation sites (N-methyl/N-ethyl adjacent to an activating group) is 1. The van der Waals surface area contributed by atoms with E-state index >= 15 is 0 Å². The Morgan fingerprint density at radius 2 is 0.827 bits per heavy atom. The Balaban J connectivity index is 0.000000135. The van der Waals surface area contributed by atoms with Gasteiger partial charge in [-0.2, -0.15) is 19.9 Å². The molecule has 20 nitrogen and oxygen atoms in total. The number of rotatable bonds is 15. The third-order valence-corrected chi connectivity index (χ3v) is 17.9. The van der Waals surface area contributed by atoms with Crippen molar-refractivity contribution in [3.8, 4) is 0 Å². The number of hydrogen-bond acceptors (Lipinski definition) is 15. The van der Waals surface area contributed by atoms with E-state index in [1.807, 2.05) is 71.6 Å². The summed E-state index contributed by atoms with van der Waals surface area (Å²) in [6.07, 6.45) is 15.6. The van der Waals surface area contributed by atoms with E-state index in [9.17, 15) is 9.59 Å². The number of benzene rings is 4. The number of amides is 1. The van der Waals surface area contributed by atoms with Crippen LogP contribution in [0.2, 0.25) is 5.28 Å². The minimum Gasteiger partial charge on any atom is -0.342 e. The zero-order valence-electron chi connectivity index (χ0n) is 55.3. The number of hydrogen-bond donors (Lipinski definition) is 2. The predicted molar refractivity (Wildman–Crippen MR) is 405 cm³/mol. The van der Waals surface area contributed by atoms with Gasteiger partial charge in [0.2, 0.25) is 34.3 Å². The van der Waals surface area contributed by atoms with Crippen molar-refractivity contribution in [2.45, 2.75) is 65.2 Å². The second-order valence-electron chi connectivity index (χ2n) is 23.2. The van der Waals surface area contributed by atoms with Gasteiger partial charge in [0.05, 0.1) is 60.1 Å². The lowest BCUT2D eigenvalue weighted by molar-refractivity contribution is -0.114. The molecule has 0 aliphatic carbocycles. The lowest BCUT2D eigenvalue weighted by Crippen LogP contribution is -2.39. The van der Waals surface area contributed by atoms with Gasteiger partial charge in [0.25, 0.3) is 0 Å². The van der Waals surface area contributed by atoms with Crippen LogP contribution in [0.3, 0.4) is 0 Å². The molecule has 3 N–H and O–H groups in total. The van der Waals surface area contributed by atoms with Crippen LogP contribution in [0, 0.1) is 0 Å². The molecule has 12 aromatic rings. The van der Waals surface area contributed by atoms with Gasteiger partial charge in [-0.15, -0.1) is 0 Å². The largest absolute Gasteiger partial charge is 0.342 e. The van der Waals surface area contributed by atoms with Crippen molar-refractivity contribution in [3.05, 3.63) is 238 Å². The number of fused-ring (bicyclic) bond motifs is 4. The predicted octanol–water partition coefficient (Wildman–Crippen LogP) is 13.9. The van der Waals surface area contributed by atoms with E-state index < -0.39 is 5.24 Å². The number of nitrogens with zero attached hydrogens (tertiary/aromatic N) is 16. The number of pyridine rings is 4. The molecule has 506 valence electrons. The minimum atomic E-state index is -0.509. The number of carbonyl (C=O) groups excluding carboxylic acids is 2. The topological polar surface area (TPSA) is 208 Å². The average molecular weight is 1480 g/mol. The highest BCUT2D eigenvalue weighted by Crippen LogP contribution is 2.32. The smallest absolute Gasteiger partial charge is 0.250 e. The molecule has 12 heterocycles. The molecule has 0 bridgehead atoms. The molecule has 0 radical (unpaired) electrons. The summed E-state index contributed by atoms with van der Waals surface area (Å²) >= 11 is 17.8. The van der Waals surface area contributed by atoms with Crippen molar-refractivity contribution in [2.24, 2.45) is 5.73 Å². The zero-order valence-corrected chi connectivity index (χ0v) is 60.0. The van der Waals surface area contributed by atoms with Gasteiger partial charge < -0.3 is 48.9 Å². The van der Waals surface area contributed by atoms with Crippen molar-refractivity contribution < 1.29 is 9.59 Å². The van der Waals surface area contributed by atoms with E-state index in [1.54, 1.807) is 24.3 Å². The maximum atomic E-state index is 11.9. The van der Waals surface area contributed by atoms with E-state index in [0.29, 0.717) is 29.7 Å². The number of imidazole rings is 4. The minimum absolute atomic E-state index is 0.164. The fourth-order valence-electron chi connectivity index (χ4n) is 10.7. The van der Waals surface area contributed by atoms with Crippen LogP contribution in [0.1, 0.15) is 60.4 Å². The number of aromatic nitrogens is 12. The molecule has 0 unspecified atom stereocenters. The molecule has 0 saturated carbocycles. The molecule has 1 amide bonds. The van der Waals surface area contributed by atoms with Crippen LogP contribution in [0.4, 0.5) is 23.5 Å². The number of carbonyl (C=O) groups is 2. The molecule has 98 heavy (non-hydrogen) atoms. The first-order valence-electron chi connectivity index (χ1n) is 32.7. The highest BCUT2D eigenvalue weighted by atomic mass is 79.9. The Labute approximate surface area is 598 Å². The molecule has 8 aromatic heterocycles. The van der Waals surface area contributed by atoms with Crippen LogP contribution in [0.15, 0.2) is 205 Å². The van der Waals surface area contributed by atoms with Gasteiger partial charge in [0.1, 0.15) is 0 Å². The highest BCUT2D eigenvalue weighted by Gasteiger charge is 2.26. The fourth-order valence-corrected chi connectivity index (χ4v) is 11.6. The SMILES string of the molecule is Brc1cnc2nc(N3CCC3)n(Cc3ccccc3)c2c1.C1CNC1.C=CC(=O)Cl.C=CC(=O)N(C)c1cnc2nc(N3CCC3)n(Cc3ccccc3)c2c1.CCc1cnc2nc(N3CCC3)n(Cc3ccccc3)c2c1.CN.Clc1nc2ncc(Br)cc2n1Cc1ccccc1. The van der Waals surface area contributed by atoms with Crippen molar-refractivity contribution in [3.63, 3.8) is 0 Å². The summed E-state index contributed by atoms with van der Waals surface area (Å²) in [7, 11) is 3.22. The number of nitrogens with two attached hydrogens (primary N) is 1. The van der Waals surface area contributed by atoms with Crippen LogP contribution in [-0.4, -0.2) is 136 Å². The molecule has 16 rings (SSSR count). The Bertz CT molecular complexity index is 4590. The third-order valence-electron chi connectivity index (χ3n) is 16.6. The molecule has 4 saturated heterocycles. The van der Waals surface area contributed by atoms with E-state index in [0.717, 1.165) is 131 Å². The quantitative estimate of drug-likeness (QED) is 0.0723. The van der Waals surface area contributed by atoms with E-state index in [4.69, 9.17) is 38.2 Å². The van der Waals surface area contributed by atoms with Crippen LogP contribution >= 0.6 is 55.1 Å². The molecule has 4 fully saturated rings. The molecule has 4 aromatic carbocycles. The summed E-state index contributed by atoms with van der Waals surface area (Å²) in [6.45, 7) is 20.8. The van der Waals surface area contributed by atoms with Gasteiger partial charge in [-0.1, -0.05) is 141 Å². The molecule has 24 heteroatoms. The van der Waals surface area contributed by atoms with Gasteiger partial charge in [-0.05, 0) is 172 Å². The van der Waals surface area contributed by atoms with Gasteiger partial charge in [0.15, 0.2) is 22.6 Å². The average Bonchev–Trinajstić information content (AvgIpc) is 1.64. The standard InChI is InChI=1S/C20H21N5O.C18H20N4.C16H15BrN4.C13H9BrClN3.C3H3ClO.C3H7N.CH5N/c1-3-18(26)23(2)16-12-17-19(21-13-16)22-20(24-10-7-11-24)25(17)14-15-8-5-4-6-9-15;1-2-14-11-16-17(19-12-14)20-18(21-9-6-10-21)22(16)13-15-7-4-3-5-8-15;17-13-9-14-15(18-10-13)19-16(20-7-4-8-20)21(14)11-12-5-2-1-3-6-12;14-10-6-11-12(16-7-10)17-13(15)18(11)8-9-4-2-1-3-5-9;1-2-3(4)5;1-2-4-3-1;1-2/h3-6,8-9,12-13H,1,7,10-11,14H2,2H3;3-5,7-8,11-12H,2,6,9-10,13H2,1H3;1-3,5-6,9-10H,4,7-8,11H2;1-7H,8H2;2H,1H2;4H,1-3H2;2H2,1H3. The number of allylic oxidation sites excluding steroid dienone is 1. The summed E-state index contributed by atoms with van der Waals surface area (Å²) in [5.41, 5.74) is 18.6. The van der Waals surface area contributed by atoms with Gasteiger partial charge >= 0.3 is 0 Å². The van der Waals surface area contributed by atoms with E-state index in [1.165, 1.54) is 79.7 Å². The number of nitrogens with one attached hydrogen (secondary N) is 1. The van der Waals surface area contributed by atoms with Gasteiger partial charge in [-0.25, -0.2) is 19.9 Å². The Kier molecular flexibility index (Phi) is 25.8. The zero-order chi connectivity index (χ0) is 68.9. The monoisotopic (exact) mass is 1480 g/mol. The van der Waals surface area contributed by atoms with Crippen LogP contribution in [0.5, 0.6) is 0 Å². The summed E-state index contributed by atoms with van der Waals surface area (Å²) in [5, 5.41) is 3.06. The molecule has 4 aliphatic heterocycles. The van der Waals surface area contributed by atoms with Crippen molar-refractivity contribution in [1.29, 1.82) is 0 Å². The lowest BCUT2D eigenvalue weighted by atomic mass is 10.2. The summed E-state index contributed by atoms with van der Waals surface area (Å²) in [4.78, 5) is 66.1. The summed E-state index contributed by atoms with van der Waals surface area (Å²) < 4.78 is 10.6. The Morgan fingerprint density at radius 3 is 1.16 bits per heavy atom. The second kappa shape index (κ2) is 35.4. The normalized spacial score (nSPS) is 13.3. The van der Waals surface area contributed by atoms with Crippen LogP contribution in [0.25, 0.3) is 44.7 Å². The van der Waals surface area contributed by atoms with E-state index in [-0.39, 0.29) is 5.91 Å². The van der Waals surface area contributed by atoms with Gasteiger partial charge in [-0.3, -0.25) is 9.59 Å². The maximum Gasteiger partial charge on any atom is 0.250 e. The second-order valence-corrected chi connectivity index (χ2v) is 25.7. The number of anilines is 4. The first-order valence-corrected chi connectivity index (χ1v) is 35.0. The molecule has 4 aliphatic rings. The third kappa shape index (κ3) is 18.3. The molecule has 0 spiro atoms. The molecular weight excluding hydrogens is 1400 g/mol.